The van der Waals surface area contributed by atoms with Crippen LogP contribution in [0.2, 0.25) is 0 Å². The highest BCUT2D eigenvalue weighted by Crippen LogP contribution is 2.31. The largest absolute Gasteiger partial charge is 0.397 e. The van der Waals surface area contributed by atoms with E-state index in [1.165, 1.54) is 11.3 Å². The highest BCUT2D eigenvalue weighted by Gasteiger charge is 2.14. The second-order valence-corrected chi connectivity index (χ2v) is 4.39. The van der Waals surface area contributed by atoms with Gasteiger partial charge in [-0.1, -0.05) is 0 Å². The molecule has 0 spiro atoms. The molecule has 1 aromatic rings. The molecule has 0 unspecified atom stereocenters. The summed E-state index contributed by atoms with van der Waals surface area (Å²) in [6.07, 6.45) is 0. The Hall–Kier alpha value is -1.27. The Bertz CT molecular complexity index is 365. The van der Waals surface area contributed by atoms with Gasteiger partial charge in [-0.25, -0.2) is 0 Å². The number of hydrogen-bond acceptors (Lipinski definition) is 5. The zero-order chi connectivity index (χ0) is 12.1. The maximum Gasteiger partial charge on any atom is 0.263 e. The fourth-order valence-electron chi connectivity index (χ4n) is 1.21. The Morgan fingerprint density at radius 3 is 2.94 bits per heavy atom. The minimum atomic E-state index is -0.145. The molecule has 0 aliphatic heterocycles. The molecule has 0 aliphatic carbocycles. The Morgan fingerprint density at radius 2 is 2.38 bits per heavy atom. The lowest BCUT2D eigenvalue weighted by molar-refractivity contribution is 0.0968. The molecule has 0 bridgehead atoms. The van der Waals surface area contributed by atoms with Gasteiger partial charge in [0.15, 0.2) is 0 Å². The van der Waals surface area contributed by atoms with Crippen molar-refractivity contribution in [1.29, 1.82) is 0 Å². The lowest BCUT2D eigenvalue weighted by Crippen LogP contribution is -2.21. The molecule has 5 nitrogen and oxygen atoms in total. The third kappa shape index (κ3) is 2.86. The van der Waals surface area contributed by atoms with Crippen LogP contribution in [0.1, 0.15) is 9.67 Å². The van der Waals surface area contributed by atoms with Crippen molar-refractivity contribution < 1.29 is 9.53 Å². The predicted octanol–water partition coefficient (Wildman–Crippen LogP) is 0.772. The number of nitrogen functional groups attached to an aromatic ring is 1. The molecule has 1 aromatic heterocycles. The van der Waals surface area contributed by atoms with E-state index in [0.29, 0.717) is 17.2 Å². The fourth-order valence-corrected chi connectivity index (χ4v) is 2.22. The lowest BCUT2D eigenvalue weighted by Gasteiger charge is -2.15. The number of methoxy groups -OCH3 is 1. The number of carbonyl (C=O) groups excluding carboxylic acids is 1. The van der Waals surface area contributed by atoms with Gasteiger partial charge >= 0.3 is 0 Å². The molecule has 0 saturated heterocycles. The van der Waals surface area contributed by atoms with Crippen LogP contribution in [0.15, 0.2) is 6.07 Å². The third-order valence-corrected chi connectivity index (χ3v) is 3.45. The van der Waals surface area contributed by atoms with Gasteiger partial charge in [0.2, 0.25) is 0 Å². The van der Waals surface area contributed by atoms with Gasteiger partial charge in [0, 0.05) is 27.7 Å². The van der Waals surface area contributed by atoms with E-state index in [9.17, 15) is 4.79 Å². The Morgan fingerprint density at radius 1 is 1.69 bits per heavy atom. The number of ether oxygens (including phenoxy) is 1. The number of nitrogens with zero attached hydrogens (tertiary/aromatic N) is 1. The lowest BCUT2D eigenvalue weighted by atomic mass is 10.3. The summed E-state index contributed by atoms with van der Waals surface area (Å²) in [4.78, 5) is 14.0. The van der Waals surface area contributed by atoms with E-state index in [-0.39, 0.29) is 5.91 Å². The van der Waals surface area contributed by atoms with Crippen molar-refractivity contribution in [2.45, 2.75) is 0 Å². The maximum absolute atomic E-state index is 11.5. The highest BCUT2D eigenvalue weighted by molar-refractivity contribution is 7.18. The quantitative estimate of drug-likeness (QED) is 0.801. The molecular weight excluding hydrogens is 226 g/mol. The number of thiophene rings is 1. The Balaban J connectivity index is 2.79. The number of amides is 1. The number of nitrogens with one attached hydrogen (secondary N) is 1. The van der Waals surface area contributed by atoms with Crippen LogP contribution in [0.4, 0.5) is 10.7 Å². The van der Waals surface area contributed by atoms with Gasteiger partial charge in [0.05, 0.1) is 17.3 Å². The van der Waals surface area contributed by atoms with Gasteiger partial charge in [-0.3, -0.25) is 4.79 Å². The molecule has 0 saturated carbocycles. The second-order valence-electron chi connectivity index (χ2n) is 3.36. The summed E-state index contributed by atoms with van der Waals surface area (Å²) < 4.78 is 4.99. The van der Waals surface area contributed by atoms with Crippen molar-refractivity contribution in [2.75, 3.05) is 45.0 Å². The summed E-state index contributed by atoms with van der Waals surface area (Å²) in [5.74, 6) is -0.145. The fraction of sp³-hybridized carbons (Fsp3) is 0.500. The van der Waals surface area contributed by atoms with Crippen LogP contribution in [-0.4, -0.2) is 40.3 Å². The molecular formula is C10H17N3O2S. The van der Waals surface area contributed by atoms with E-state index in [4.69, 9.17) is 10.5 Å². The van der Waals surface area contributed by atoms with Crippen molar-refractivity contribution in [3.63, 3.8) is 0 Å². The zero-order valence-corrected chi connectivity index (χ0v) is 10.6. The summed E-state index contributed by atoms with van der Waals surface area (Å²) in [6.45, 7) is 1.41. The number of anilines is 2. The average molecular weight is 243 g/mol. The number of likely N-dealkylation sites (N-methyl/N-ethyl adjacent to an activating group) is 1. The molecule has 0 aliphatic rings. The number of nitrogens with two attached hydrogens (primary N) is 1. The molecule has 0 aromatic carbocycles. The molecule has 0 atom stereocenters. The molecule has 16 heavy (non-hydrogen) atoms. The van der Waals surface area contributed by atoms with E-state index < -0.39 is 0 Å². The molecule has 0 fully saturated rings. The summed E-state index contributed by atoms with van der Waals surface area (Å²) in [6, 6.07) is 1.81. The van der Waals surface area contributed by atoms with Crippen LogP contribution in [0.3, 0.4) is 0 Å². The van der Waals surface area contributed by atoms with Crippen molar-refractivity contribution in [3.8, 4) is 0 Å². The van der Waals surface area contributed by atoms with Gasteiger partial charge in [-0.15, -0.1) is 11.3 Å². The average Bonchev–Trinajstić information content (AvgIpc) is 2.67. The van der Waals surface area contributed by atoms with E-state index in [2.05, 4.69) is 5.32 Å². The van der Waals surface area contributed by atoms with E-state index >= 15 is 0 Å². The predicted molar refractivity (Wildman–Crippen MR) is 67.3 cm³/mol. The van der Waals surface area contributed by atoms with Gasteiger partial charge in [-0.05, 0) is 6.07 Å². The normalized spacial score (nSPS) is 10.2. The van der Waals surface area contributed by atoms with Crippen LogP contribution in [-0.2, 0) is 4.74 Å². The van der Waals surface area contributed by atoms with Gasteiger partial charge in [-0.2, -0.15) is 0 Å². The van der Waals surface area contributed by atoms with Crippen molar-refractivity contribution in [3.05, 3.63) is 10.9 Å². The second kappa shape index (κ2) is 5.72. The minimum absolute atomic E-state index is 0.145. The monoisotopic (exact) mass is 243 g/mol. The third-order valence-electron chi connectivity index (χ3n) is 2.19. The summed E-state index contributed by atoms with van der Waals surface area (Å²) >= 11 is 1.38. The molecule has 90 valence electrons. The number of hydrogen-bond donors (Lipinski definition) is 2. The van der Waals surface area contributed by atoms with E-state index in [1.54, 1.807) is 14.2 Å². The first kappa shape index (κ1) is 12.8. The molecule has 0 radical (unpaired) electrons. The van der Waals surface area contributed by atoms with Gasteiger partial charge in [0.25, 0.3) is 5.91 Å². The molecule has 1 heterocycles. The van der Waals surface area contributed by atoms with Gasteiger partial charge in [0.1, 0.15) is 4.88 Å². The molecule has 1 amide bonds. The first-order valence-electron chi connectivity index (χ1n) is 4.91. The summed E-state index contributed by atoms with van der Waals surface area (Å²) in [5.41, 5.74) is 6.29. The molecule has 3 N–H and O–H groups in total. The van der Waals surface area contributed by atoms with Crippen molar-refractivity contribution >= 4 is 27.9 Å². The van der Waals surface area contributed by atoms with Crippen LogP contribution in [0.25, 0.3) is 0 Å². The van der Waals surface area contributed by atoms with Crippen LogP contribution in [0.5, 0.6) is 0 Å². The topological polar surface area (TPSA) is 67.6 Å². The van der Waals surface area contributed by atoms with Crippen LogP contribution < -0.4 is 16.0 Å². The number of rotatable bonds is 5. The molecule has 6 heteroatoms. The zero-order valence-electron chi connectivity index (χ0n) is 9.74. The van der Waals surface area contributed by atoms with Gasteiger partial charge < -0.3 is 20.7 Å². The Kier molecular flexibility index (Phi) is 4.57. The SMILES string of the molecule is CNC(=O)c1sc(N(C)CCOC)cc1N. The van der Waals surface area contributed by atoms with E-state index in [0.717, 1.165) is 11.5 Å². The van der Waals surface area contributed by atoms with Crippen LogP contribution >= 0.6 is 11.3 Å². The summed E-state index contributed by atoms with van der Waals surface area (Å²) in [7, 11) is 5.19. The van der Waals surface area contributed by atoms with Crippen LogP contribution in [0, 0.1) is 0 Å². The van der Waals surface area contributed by atoms with E-state index in [1.807, 2.05) is 18.0 Å². The van der Waals surface area contributed by atoms with Crippen molar-refractivity contribution in [2.24, 2.45) is 0 Å². The maximum atomic E-state index is 11.5. The Labute approximate surface area is 99.2 Å². The van der Waals surface area contributed by atoms with Crippen molar-refractivity contribution in [1.82, 2.24) is 5.32 Å². The standard InChI is InChI=1S/C10H17N3O2S/c1-12-10(14)9-7(11)6-8(16-9)13(2)4-5-15-3/h6H,4-5,11H2,1-3H3,(H,12,14). The smallest absolute Gasteiger partial charge is 0.263 e. The highest BCUT2D eigenvalue weighted by atomic mass is 32.1. The minimum Gasteiger partial charge on any atom is -0.397 e. The number of carbonyl (C=O) groups is 1. The summed E-state index contributed by atoms with van der Waals surface area (Å²) in [5, 5.41) is 3.53. The first-order valence-corrected chi connectivity index (χ1v) is 5.73. The first-order chi connectivity index (χ1) is 7.60. The molecule has 1 rings (SSSR count).